The quantitative estimate of drug-likeness (QED) is 0.836. The Morgan fingerprint density at radius 2 is 1.96 bits per heavy atom. The molecule has 2 rings (SSSR count). The molecule has 0 fully saturated rings. The maximum atomic E-state index is 12.8. The number of nitrogens with two attached hydrogens (primary N) is 1. The van der Waals surface area contributed by atoms with E-state index in [1.165, 1.54) is 5.56 Å². The van der Waals surface area contributed by atoms with Crippen molar-refractivity contribution in [2.45, 2.75) is 18.9 Å². The van der Waals surface area contributed by atoms with E-state index in [0.29, 0.717) is 22.9 Å². The SMILES string of the molecule is COc1cc(Cl)cc(C(=O)N(C)[C@H](CCN)Cc2ccccc2)c1. The summed E-state index contributed by atoms with van der Waals surface area (Å²) in [5, 5.41) is 0.476. The number of likely N-dealkylation sites (N-methyl/N-ethyl adjacent to an activating group) is 1. The number of benzene rings is 2. The second kappa shape index (κ2) is 8.71. The number of carbonyl (C=O) groups is 1. The number of nitrogens with zero attached hydrogens (tertiary/aromatic N) is 1. The minimum atomic E-state index is -0.0924. The fourth-order valence-electron chi connectivity index (χ4n) is 2.68. The summed E-state index contributed by atoms with van der Waals surface area (Å²) in [5.41, 5.74) is 7.44. The van der Waals surface area contributed by atoms with E-state index < -0.39 is 0 Å². The average molecular weight is 347 g/mol. The minimum Gasteiger partial charge on any atom is -0.497 e. The van der Waals surface area contributed by atoms with Gasteiger partial charge < -0.3 is 15.4 Å². The molecule has 0 aliphatic carbocycles. The summed E-state index contributed by atoms with van der Waals surface area (Å²) in [7, 11) is 3.36. The number of hydrogen-bond acceptors (Lipinski definition) is 3. The van der Waals surface area contributed by atoms with Crippen LogP contribution in [0.4, 0.5) is 0 Å². The molecular weight excluding hydrogens is 324 g/mol. The van der Waals surface area contributed by atoms with Gasteiger partial charge in [0.25, 0.3) is 5.91 Å². The summed E-state index contributed by atoms with van der Waals surface area (Å²) in [6, 6.07) is 15.2. The fraction of sp³-hybridized carbons (Fsp3) is 0.316. The third-order valence-electron chi connectivity index (χ3n) is 4.04. The monoisotopic (exact) mass is 346 g/mol. The Hall–Kier alpha value is -2.04. The van der Waals surface area contributed by atoms with Crippen LogP contribution in [0.2, 0.25) is 5.02 Å². The molecule has 0 aromatic heterocycles. The first-order valence-corrected chi connectivity index (χ1v) is 8.28. The molecule has 1 amide bonds. The van der Waals surface area contributed by atoms with Gasteiger partial charge in [0.15, 0.2) is 0 Å². The maximum absolute atomic E-state index is 12.8. The third kappa shape index (κ3) is 4.73. The van der Waals surface area contributed by atoms with Gasteiger partial charge in [0.1, 0.15) is 5.75 Å². The van der Waals surface area contributed by atoms with Crippen molar-refractivity contribution in [2.24, 2.45) is 5.73 Å². The maximum Gasteiger partial charge on any atom is 0.254 e. The molecule has 128 valence electrons. The molecule has 5 heteroatoms. The van der Waals surface area contributed by atoms with Crippen molar-refractivity contribution in [3.63, 3.8) is 0 Å². The van der Waals surface area contributed by atoms with Gasteiger partial charge in [0.2, 0.25) is 0 Å². The first-order valence-electron chi connectivity index (χ1n) is 7.91. The van der Waals surface area contributed by atoms with E-state index in [0.717, 1.165) is 12.8 Å². The Kier molecular flexibility index (Phi) is 6.64. The summed E-state index contributed by atoms with van der Waals surface area (Å²) in [6.07, 6.45) is 1.49. The van der Waals surface area contributed by atoms with Gasteiger partial charge in [-0.05, 0) is 43.1 Å². The fourth-order valence-corrected chi connectivity index (χ4v) is 2.91. The zero-order chi connectivity index (χ0) is 17.5. The Bertz CT molecular complexity index is 676. The predicted molar refractivity (Wildman–Crippen MR) is 97.7 cm³/mol. The Morgan fingerprint density at radius 3 is 2.58 bits per heavy atom. The van der Waals surface area contributed by atoms with Crippen molar-refractivity contribution in [1.82, 2.24) is 4.90 Å². The van der Waals surface area contributed by atoms with E-state index in [9.17, 15) is 4.79 Å². The summed E-state index contributed by atoms with van der Waals surface area (Å²) < 4.78 is 5.19. The van der Waals surface area contributed by atoms with E-state index in [4.69, 9.17) is 22.1 Å². The van der Waals surface area contributed by atoms with Gasteiger partial charge in [-0.1, -0.05) is 41.9 Å². The van der Waals surface area contributed by atoms with Gasteiger partial charge in [-0.15, -0.1) is 0 Å². The number of halogens is 1. The average Bonchev–Trinajstić information content (AvgIpc) is 2.60. The van der Waals surface area contributed by atoms with Gasteiger partial charge in [0.05, 0.1) is 7.11 Å². The van der Waals surface area contributed by atoms with Crippen LogP contribution < -0.4 is 10.5 Å². The number of carbonyl (C=O) groups excluding carboxylic acids is 1. The van der Waals surface area contributed by atoms with Crippen LogP contribution in [0.15, 0.2) is 48.5 Å². The van der Waals surface area contributed by atoms with Gasteiger partial charge in [-0.25, -0.2) is 0 Å². The number of amides is 1. The lowest BCUT2D eigenvalue weighted by Crippen LogP contribution is -2.39. The molecular formula is C19H23ClN2O2. The first kappa shape index (κ1) is 18.3. The van der Waals surface area contributed by atoms with E-state index in [1.54, 1.807) is 37.3 Å². The molecule has 0 bridgehead atoms. The number of ether oxygens (including phenoxy) is 1. The highest BCUT2D eigenvalue weighted by atomic mass is 35.5. The highest BCUT2D eigenvalue weighted by Gasteiger charge is 2.22. The van der Waals surface area contributed by atoms with Crippen molar-refractivity contribution in [3.05, 3.63) is 64.7 Å². The largest absolute Gasteiger partial charge is 0.497 e. The van der Waals surface area contributed by atoms with Crippen LogP contribution in [0.3, 0.4) is 0 Å². The zero-order valence-electron chi connectivity index (χ0n) is 14.0. The van der Waals surface area contributed by atoms with Gasteiger partial charge in [0, 0.05) is 23.7 Å². The van der Waals surface area contributed by atoms with Crippen LogP contribution in [0.1, 0.15) is 22.3 Å². The Morgan fingerprint density at radius 1 is 1.25 bits per heavy atom. The van der Waals surface area contributed by atoms with Crippen molar-refractivity contribution >= 4 is 17.5 Å². The molecule has 0 saturated carbocycles. The number of rotatable bonds is 7. The topological polar surface area (TPSA) is 55.6 Å². The van der Waals surface area contributed by atoms with Crippen molar-refractivity contribution in [3.8, 4) is 5.75 Å². The van der Waals surface area contributed by atoms with Gasteiger partial charge in [-0.2, -0.15) is 0 Å². The molecule has 0 unspecified atom stereocenters. The van der Waals surface area contributed by atoms with Crippen LogP contribution in [0.25, 0.3) is 0 Å². The van der Waals surface area contributed by atoms with E-state index >= 15 is 0 Å². The van der Waals surface area contributed by atoms with Gasteiger partial charge in [-0.3, -0.25) is 4.79 Å². The molecule has 0 heterocycles. The third-order valence-corrected chi connectivity index (χ3v) is 4.25. The Labute approximate surface area is 148 Å². The zero-order valence-corrected chi connectivity index (χ0v) is 14.8. The second-order valence-electron chi connectivity index (χ2n) is 5.72. The molecule has 0 aliphatic heterocycles. The molecule has 24 heavy (non-hydrogen) atoms. The molecule has 0 saturated heterocycles. The molecule has 0 spiro atoms. The van der Waals surface area contributed by atoms with Crippen LogP contribution in [0.5, 0.6) is 5.75 Å². The van der Waals surface area contributed by atoms with Crippen LogP contribution >= 0.6 is 11.6 Å². The number of methoxy groups -OCH3 is 1. The van der Waals surface area contributed by atoms with Crippen LogP contribution in [0, 0.1) is 0 Å². The molecule has 2 aromatic rings. The molecule has 2 aromatic carbocycles. The second-order valence-corrected chi connectivity index (χ2v) is 6.15. The normalized spacial score (nSPS) is 11.8. The smallest absolute Gasteiger partial charge is 0.254 e. The molecule has 1 atom stereocenters. The van der Waals surface area contributed by atoms with Crippen molar-refractivity contribution in [1.29, 1.82) is 0 Å². The lowest BCUT2D eigenvalue weighted by Gasteiger charge is -2.28. The molecule has 2 N–H and O–H groups in total. The molecule has 0 radical (unpaired) electrons. The van der Waals surface area contributed by atoms with E-state index in [2.05, 4.69) is 12.1 Å². The lowest BCUT2D eigenvalue weighted by molar-refractivity contribution is 0.0725. The van der Waals surface area contributed by atoms with Crippen molar-refractivity contribution in [2.75, 3.05) is 20.7 Å². The number of hydrogen-bond donors (Lipinski definition) is 1. The summed E-state index contributed by atoms with van der Waals surface area (Å²) in [6.45, 7) is 0.522. The minimum absolute atomic E-state index is 0.0230. The highest BCUT2D eigenvalue weighted by Crippen LogP contribution is 2.23. The van der Waals surface area contributed by atoms with Crippen LogP contribution in [-0.4, -0.2) is 37.6 Å². The standard InChI is InChI=1S/C19H23ClN2O2/c1-22(17(8-9-21)10-14-6-4-3-5-7-14)19(23)15-11-16(20)13-18(12-15)24-2/h3-7,11-13,17H,8-10,21H2,1-2H3/t17-/m1/s1. The summed E-state index contributed by atoms with van der Waals surface area (Å²) in [5.74, 6) is 0.475. The van der Waals surface area contributed by atoms with Gasteiger partial charge >= 0.3 is 0 Å². The first-order chi connectivity index (χ1) is 11.5. The lowest BCUT2D eigenvalue weighted by atomic mass is 10.0. The summed E-state index contributed by atoms with van der Waals surface area (Å²) >= 11 is 6.08. The predicted octanol–water partition coefficient (Wildman–Crippen LogP) is 3.38. The van der Waals surface area contributed by atoms with E-state index in [-0.39, 0.29) is 11.9 Å². The molecule has 0 aliphatic rings. The van der Waals surface area contributed by atoms with Crippen molar-refractivity contribution < 1.29 is 9.53 Å². The van der Waals surface area contributed by atoms with Crippen LogP contribution in [-0.2, 0) is 6.42 Å². The molecule has 4 nitrogen and oxygen atoms in total. The summed E-state index contributed by atoms with van der Waals surface area (Å²) in [4.78, 5) is 14.6. The highest BCUT2D eigenvalue weighted by molar-refractivity contribution is 6.31. The Balaban J connectivity index is 2.20. The van der Waals surface area contributed by atoms with E-state index in [1.807, 2.05) is 18.2 Å².